The van der Waals surface area contributed by atoms with E-state index in [0.29, 0.717) is 19.8 Å². The molecule has 1 aromatic carbocycles. The lowest BCUT2D eigenvalue weighted by Gasteiger charge is -2.36. The Morgan fingerprint density at radius 2 is 1.50 bits per heavy atom. The molecule has 0 radical (unpaired) electrons. The number of sulfonamides is 1. The maximum Gasteiger partial charge on any atom is 0.251 e. The van der Waals surface area contributed by atoms with E-state index in [2.05, 4.69) is 21.9 Å². The number of nitrogens with zero attached hydrogens (tertiary/aromatic N) is 4. The third kappa shape index (κ3) is 3.99. The summed E-state index contributed by atoms with van der Waals surface area (Å²) in [5.74, 6) is 0. The van der Waals surface area contributed by atoms with E-state index in [1.807, 2.05) is 18.2 Å². The number of hydrogen-bond donors (Lipinski definition) is 0. The van der Waals surface area contributed by atoms with Crippen LogP contribution < -0.4 is 10.5 Å². The molecular formula is C20H26N4O3S. The molecule has 3 heterocycles. The fraction of sp³-hybridized carbons (Fsp3) is 0.450. The van der Waals surface area contributed by atoms with E-state index >= 15 is 0 Å². The Bertz CT molecular complexity index is 960. The predicted molar refractivity (Wildman–Crippen MR) is 109 cm³/mol. The van der Waals surface area contributed by atoms with Gasteiger partial charge in [0, 0.05) is 57.2 Å². The molecule has 0 amide bonds. The van der Waals surface area contributed by atoms with Crippen LogP contribution in [0.2, 0.25) is 0 Å². The van der Waals surface area contributed by atoms with Crippen LogP contribution >= 0.6 is 0 Å². The summed E-state index contributed by atoms with van der Waals surface area (Å²) in [5, 5.41) is 0. The van der Waals surface area contributed by atoms with Crippen molar-refractivity contribution in [1.29, 1.82) is 0 Å². The molecule has 0 N–H and O–H groups in total. The topological polar surface area (TPSA) is 65.9 Å². The van der Waals surface area contributed by atoms with Crippen molar-refractivity contribution in [2.24, 2.45) is 0 Å². The second-order valence-corrected chi connectivity index (χ2v) is 9.30. The second kappa shape index (κ2) is 8.06. The Labute approximate surface area is 165 Å². The summed E-state index contributed by atoms with van der Waals surface area (Å²) >= 11 is 0. The molecule has 0 spiro atoms. The first-order valence-corrected chi connectivity index (χ1v) is 11.2. The first kappa shape index (κ1) is 19.2. The van der Waals surface area contributed by atoms with Crippen LogP contribution in [0.5, 0.6) is 0 Å². The number of pyridine rings is 1. The molecule has 2 fully saturated rings. The van der Waals surface area contributed by atoms with Crippen molar-refractivity contribution in [3.63, 3.8) is 0 Å². The fourth-order valence-corrected chi connectivity index (χ4v) is 5.39. The second-order valence-electron chi connectivity index (χ2n) is 7.37. The van der Waals surface area contributed by atoms with Crippen LogP contribution in [-0.4, -0.2) is 61.5 Å². The first-order chi connectivity index (χ1) is 13.5. The van der Waals surface area contributed by atoms with Crippen molar-refractivity contribution in [3.8, 4) is 0 Å². The highest BCUT2D eigenvalue weighted by molar-refractivity contribution is 7.89. The molecule has 0 aliphatic carbocycles. The molecule has 0 atom stereocenters. The maximum atomic E-state index is 12.8. The highest BCUT2D eigenvalue weighted by Gasteiger charge is 2.28. The van der Waals surface area contributed by atoms with Gasteiger partial charge in [0.25, 0.3) is 5.56 Å². The molecule has 2 aromatic rings. The van der Waals surface area contributed by atoms with Crippen LogP contribution in [-0.2, 0) is 16.7 Å². The zero-order valence-electron chi connectivity index (χ0n) is 15.9. The van der Waals surface area contributed by atoms with Crippen LogP contribution in [0.3, 0.4) is 0 Å². The van der Waals surface area contributed by atoms with Gasteiger partial charge in [0.2, 0.25) is 10.0 Å². The van der Waals surface area contributed by atoms with Gasteiger partial charge in [-0.1, -0.05) is 18.2 Å². The van der Waals surface area contributed by atoms with E-state index in [1.54, 1.807) is 0 Å². The summed E-state index contributed by atoms with van der Waals surface area (Å²) in [5.41, 5.74) is 1.03. The predicted octanol–water partition coefficient (Wildman–Crippen LogP) is 1.41. The zero-order valence-corrected chi connectivity index (χ0v) is 16.7. The number of piperazine rings is 1. The van der Waals surface area contributed by atoms with Gasteiger partial charge in [-0.15, -0.1) is 0 Å². The van der Waals surface area contributed by atoms with Gasteiger partial charge in [-0.05, 0) is 31.0 Å². The van der Waals surface area contributed by atoms with E-state index in [9.17, 15) is 13.2 Å². The summed E-state index contributed by atoms with van der Waals surface area (Å²) in [7, 11) is -3.52. The van der Waals surface area contributed by atoms with Gasteiger partial charge in [-0.25, -0.2) is 8.42 Å². The summed E-state index contributed by atoms with van der Waals surface area (Å²) < 4.78 is 28.6. The normalized spacial score (nSPS) is 19.2. The van der Waals surface area contributed by atoms with Gasteiger partial charge in [-0.2, -0.15) is 4.31 Å². The van der Waals surface area contributed by atoms with Crippen LogP contribution in [0.1, 0.15) is 12.8 Å². The molecule has 7 nitrogen and oxygen atoms in total. The SMILES string of the molecule is O=c1ccc(S(=O)(=O)N2CCCC2)cn1CN1CCN(c2ccccc2)CC1. The van der Waals surface area contributed by atoms with Crippen molar-refractivity contribution in [3.05, 3.63) is 59.0 Å². The number of hydrogen-bond acceptors (Lipinski definition) is 5. The summed E-state index contributed by atoms with van der Waals surface area (Å²) in [6.45, 7) is 4.93. The van der Waals surface area contributed by atoms with E-state index in [0.717, 1.165) is 39.0 Å². The molecular weight excluding hydrogens is 376 g/mol. The first-order valence-electron chi connectivity index (χ1n) is 9.77. The molecule has 0 saturated carbocycles. The fourth-order valence-electron chi connectivity index (χ4n) is 3.85. The Kier molecular flexibility index (Phi) is 5.52. The van der Waals surface area contributed by atoms with E-state index in [4.69, 9.17) is 0 Å². The summed E-state index contributed by atoms with van der Waals surface area (Å²) in [4.78, 5) is 17.0. The number of anilines is 1. The largest absolute Gasteiger partial charge is 0.369 e. The highest BCUT2D eigenvalue weighted by atomic mass is 32.2. The van der Waals surface area contributed by atoms with E-state index < -0.39 is 10.0 Å². The summed E-state index contributed by atoms with van der Waals surface area (Å²) in [6, 6.07) is 13.1. The number of benzene rings is 1. The minimum absolute atomic E-state index is 0.175. The molecule has 28 heavy (non-hydrogen) atoms. The van der Waals surface area contributed by atoms with Crippen molar-refractivity contribution >= 4 is 15.7 Å². The Hall–Kier alpha value is -2.16. The zero-order chi connectivity index (χ0) is 19.6. The molecule has 0 unspecified atom stereocenters. The molecule has 0 bridgehead atoms. The molecule has 2 aliphatic heterocycles. The Morgan fingerprint density at radius 3 is 2.18 bits per heavy atom. The van der Waals surface area contributed by atoms with Crippen LogP contribution in [0, 0.1) is 0 Å². The van der Waals surface area contributed by atoms with Gasteiger partial charge < -0.3 is 9.47 Å². The van der Waals surface area contributed by atoms with Gasteiger partial charge in [0.1, 0.15) is 0 Å². The quantitative estimate of drug-likeness (QED) is 0.757. The minimum atomic E-state index is -3.52. The molecule has 4 rings (SSSR count). The monoisotopic (exact) mass is 402 g/mol. The van der Waals surface area contributed by atoms with Crippen molar-refractivity contribution in [2.75, 3.05) is 44.2 Å². The lowest BCUT2D eigenvalue weighted by atomic mass is 10.2. The molecule has 8 heteroatoms. The minimum Gasteiger partial charge on any atom is -0.369 e. The Morgan fingerprint density at radius 1 is 0.821 bits per heavy atom. The van der Waals surface area contributed by atoms with Crippen LogP contribution in [0.4, 0.5) is 5.69 Å². The van der Waals surface area contributed by atoms with Crippen molar-refractivity contribution in [2.45, 2.75) is 24.4 Å². The van der Waals surface area contributed by atoms with Gasteiger partial charge in [0.05, 0.1) is 11.6 Å². The Balaban J connectivity index is 1.45. The molecule has 1 aromatic heterocycles. The van der Waals surface area contributed by atoms with Crippen molar-refractivity contribution in [1.82, 2.24) is 13.8 Å². The molecule has 150 valence electrons. The van der Waals surface area contributed by atoms with Crippen molar-refractivity contribution < 1.29 is 8.42 Å². The lowest BCUT2D eigenvalue weighted by Crippen LogP contribution is -2.47. The van der Waals surface area contributed by atoms with Crippen LogP contribution in [0.25, 0.3) is 0 Å². The van der Waals surface area contributed by atoms with Gasteiger partial charge in [-0.3, -0.25) is 9.69 Å². The molecule has 2 aliphatic rings. The molecule has 2 saturated heterocycles. The number of rotatable bonds is 5. The van der Waals surface area contributed by atoms with Crippen LogP contribution in [0.15, 0.2) is 58.4 Å². The average Bonchev–Trinajstić information content (AvgIpc) is 3.27. The standard InChI is InChI=1S/C20H26N4O3S/c25-20-9-8-19(28(26,27)24-10-4-5-11-24)16-23(20)17-21-12-14-22(15-13-21)18-6-2-1-3-7-18/h1-3,6-9,16H,4-5,10-15,17H2. The smallest absolute Gasteiger partial charge is 0.251 e. The summed E-state index contributed by atoms with van der Waals surface area (Å²) in [6.07, 6.45) is 3.29. The third-order valence-electron chi connectivity index (χ3n) is 5.51. The highest BCUT2D eigenvalue weighted by Crippen LogP contribution is 2.20. The van der Waals surface area contributed by atoms with E-state index in [-0.39, 0.29) is 10.5 Å². The van der Waals surface area contributed by atoms with Gasteiger partial charge in [0.15, 0.2) is 0 Å². The lowest BCUT2D eigenvalue weighted by molar-refractivity contribution is 0.202. The number of aromatic nitrogens is 1. The number of para-hydroxylation sites is 1. The average molecular weight is 403 g/mol. The van der Waals surface area contributed by atoms with Gasteiger partial charge >= 0.3 is 0 Å². The maximum absolute atomic E-state index is 12.8. The third-order valence-corrected chi connectivity index (χ3v) is 7.39. The van der Waals surface area contributed by atoms with E-state index in [1.165, 1.54) is 32.9 Å².